The molecular weight excluding hydrogens is 470 g/mol. The number of nitrogens with zero attached hydrogens (tertiary/aromatic N) is 3. The molecule has 8 heteroatoms. The van der Waals surface area contributed by atoms with Crippen molar-refractivity contribution in [3.63, 3.8) is 0 Å². The van der Waals surface area contributed by atoms with Crippen molar-refractivity contribution >= 4 is 23.4 Å². The van der Waals surface area contributed by atoms with Crippen molar-refractivity contribution in [3.05, 3.63) is 53.6 Å². The molecule has 5 rings (SSSR count). The Hall–Kier alpha value is -2.97. The standard InChI is InChI=1S/C29H37N3O5/c1-5-14-30-15-8-12-21-22(26(30)34)23-27(35)32(20(6-2)17-33)25-28(36)31(16-9-13-29(23,25)37-21)24-18(3)10-7-11-19(24)4/h7-13,20-23,25,33H,5-6,14-17H2,1-4H3/t20-,21-,22+,23-,25?,29-/m0/s1. The second-order valence-corrected chi connectivity index (χ2v) is 10.6. The summed E-state index contributed by atoms with van der Waals surface area (Å²) in [5, 5.41) is 10.3. The summed E-state index contributed by atoms with van der Waals surface area (Å²) in [6, 6.07) is 4.37. The van der Waals surface area contributed by atoms with Gasteiger partial charge in [0, 0.05) is 25.3 Å². The van der Waals surface area contributed by atoms with Crippen LogP contribution in [0.5, 0.6) is 0 Å². The van der Waals surface area contributed by atoms with E-state index in [0.29, 0.717) is 26.1 Å². The number of fused-ring (bicyclic) bond motifs is 2. The topological polar surface area (TPSA) is 90.4 Å². The molecule has 4 aliphatic rings. The molecule has 0 aliphatic carbocycles. The van der Waals surface area contributed by atoms with Gasteiger partial charge in [0.25, 0.3) is 5.91 Å². The second kappa shape index (κ2) is 9.72. The van der Waals surface area contributed by atoms with Crippen molar-refractivity contribution in [2.75, 3.05) is 31.1 Å². The molecule has 8 nitrogen and oxygen atoms in total. The van der Waals surface area contributed by atoms with Gasteiger partial charge in [0.2, 0.25) is 11.8 Å². The molecule has 2 fully saturated rings. The smallest absolute Gasteiger partial charge is 0.253 e. The Bertz CT molecular complexity index is 1140. The van der Waals surface area contributed by atoms with Gasteiger partial charge in [-0.15, -0.1) is 0 Å². The maximum atomic E-state index is 14.5. The van der Waals surface area contributed by atoms with Crippen molar-refractivity contribution in [3.8, 4) is 0 Å². The van der Waals surface area contributed by atoms with E-state index in [1.54, 1.807) is 9.80 Å². The molecule has 198 valence electrons. The summed E-state index contributed by atoms with van der Waals surface area (Å²) in [4.78, 5) is 47.6. The highest BCUT2D eigenvalue weighted by Gasteiger charge is 2.72. The predicted octanol–water partition coefficient (Wildman–Crippen LogP) is 2.37. The summed E-state index contributed by atoms with van der Waals surface area (Å²) in [5.41, 5.74) is 1.46. The molecule has 1 N–H and O–H groups in total. The predicted molar refractivity (Wildman–Crippen MR) is 140 cm³/mol. The zero-order valence-electron chi connectivity index (χ0n) is 22.1. The molecule has 4 heterocycles. The Morgan fingerprint density at radius 2 is 1.78 bits per heavy atom. The number of likely N-dealkylation sites (tertiary alicyclic amines) is 1. The van der Waals surface area contributed by atoms with Gasteiger partial charge in [0.1, 0.15) is 11.6 Å². The molecule has 0 radical (unpaired) electrons. The van der Waals surface area contributed by atoms with Crippen LogP contribution in [0.25, 0.3) is 0 Å². The molecule has 0 aromatic heterocycles. The highest BCUT2D eigenvalue weighted by molar-refractivity contribution is 6.06. The molecule has 0 bridgehead atoms. The Balaban J connectivity index is 1.66. The summed E-state index contributed by atoms with van der Waals surface area (Å²) in [6.45, 7) is 8.99. The Morgan fingerprint density at radius 1 is 1.05 bits per heavy atom. The van der Waals surface area contributed by atoms with Gasteiger partial charge in [-0.2, -0.15) is 0 Å². The molecule has 6 atom stereocenters. The van der Waals surface area contributed by atoms with Gasteiger partial charge >= 0.3 is 0 Å². The average molecular weight is 508 g/mol. The maximum Gasteiger partial charge on any atom is 0.253 e. The maximum absolute atomic E-state index is 14.5. The average Bonchev–Trinajstić information content (AvgIpc) is 3.19. The van der Waals surface area contributed by atoms with Crippen LogP contribution in [-0.2, 0) is 19.1 Å². The van der Waals surface area contributed by atoms with Crippen LogP contribution < -0.4 is 4.90 Å². The third kappa shape index (κ3) is 3.76. The van der Waals surface area contributed by atoms with E-state index in [9.17, 15) is 19.5 Å². The molecule has 1 spiro atoms. The number of aryl methyl sites for hydroxylation is 2. The molecule has 4 aliphatic heterocycles. The molecule has 1 aromatic rings. The lowest BCUT2D eigenvalue weighted by molar-refractivity contribution is -0.147. The largest absolute Gasteiger partial charge is 0.394 e. The van der Waals surface area contributed by atoms with Crippen molar-refractivity contribution in [1.82, 2.24) is 9.80 Å². The Labute approximate surface area is 218 Å². The minimum atomic E-state index is -1.29. The van der Waals surface area contributed by atoms with Gasteiger partial charge in [-0.3, -0.25) is 14.4 Å². The fourth-order valence-corrected chi connectivity index (χ4v) is 6.84. The van der Waals surface area contributed by atoms with Gasteiger partial charge in [-0.05, 0) is 37.8 Å². The normalized spacial score (nSPS) is 31.8. The van der Waals surface area contributed by atoms with Crippen LogP contribution >= 0.6 is 0 Å². The van der Waals surface area contributed by atoms with Crippen molar-refractivity contribution in [2.24, 2.45) is 11.8 Å². The van der Waals surface area contributed by atoms with E-state index >= 15 is 0 Å². The molecular formula is C29H37N3O5. The van der Waals surface area contributed by atoms with E-state index in [0.717, 1.165) is 23.2 Å². The summed E-state index contributed by atoms with van der Waals surface area (Å²) in [6.07, 6.45) is 8.27. The highest BCUT2D eigenvalue weighted by atomic mass is 16.5. The van der Waals surface area contributed by atoms with Gasteiger partial charge in [-0.25, -0.2) is 0 Å². The second-order valence-electron chi connectivity index (χ2n) is 10.6. The number of carbonyl (C=O) groups excluding carboxylic acids is 3. The van der Waals surface area contributed by atoms with Gasteiger partial charge in [0.05, 0.1) is 30.6 Å². The van der Waals surface area contributed by atoms with E-state index < -0.39 is 35.6 Å². The number of ether oxygens (including phenoxy) is 1. The first kappa shape index (κ1) is 25.7. The summed E-state index contributed by atoms with van der Waals surface area (Å²) in [5.74, 6) is -2.20. The minimum absolute atomic E-state index is 0.110. The number of benzene rings is 1. The number of carbonyl (C=O) groups is 3. The number of hydrogen-bond acceptors (Lipinski definition) is 5. The van der Waals surface area contributed by atoms with E-state index in [1.165, 1.54) is 4.90 Å². The van der Waals surface area contributed by atoms with Crippen LogP contribution in [0.15, 0.2) is 42.5 Å². The van der Waals surface area contributed by atoms with Crippen molar-refractivity contribution < 1.29 is 24.2 Å². The first-order valence-electron chi connectivity index (χ1n) is 13.4. The van der Waals surface area contributed by atoms with Crippen LogP contribution in [-0.4, -0.2) is 82.7 Å². The van der Waals surface area contributed by atoms with Crippen molar-refractivity contribution in [2.45, 2.75) is 64.3 Å². The van der Waals surface area contributed by atoms with Crippen LogP contribution in [0.2, 0.25) is 0 Å². The first-order chi connectivity index (χ1) is 17.8. The first-order valence-corrected chi connectivity index (χ1v) is 13.4. The number of aliphatic hydroxyl groups excluding tert-OH is 1. The third-order valence-corrected chi connectivity index (χ3v) is 8.46. The summed E-state index contributed by atoms with van der Waals surface area (Å²) >= 11 is 0. The minimum Gasteiger partial charge on any atom is -0.394 e. The molecule has 3 amide bonds. The van der Waals surface area contributed by atoms with Gasteiger partial charge in [0.15, 0.2) is 0 Å². The monoisotopic (exact) mass is 507 g/mol. The zero-order chi connectivity index (χ0) is 26.5. The Kier molecular flexibility index (Phi) is 6.75. The van der Waals surface area contributed by atoms with E-state index in [1.807, 2.05) is 70.2 Å². The summed E-state index contributed by atoms with van der Waals surface area (Å²) in [7, 11) is 0. The number of rotatable bonds is 6. The van der Waals surface area contributed by atoms with Gasteiger partial charge in [-0.1, -0.05) is 56.4 Å². The fraction of sp³-hybridized carbons (Fsp3) is 0.552. The molecule has 0 saturated carbocycles. The van der Waals surface area contributed by atoms with Gasteiger partial charge < -0.3 is 24.5 Å². The highest BCUT2D eigenvalue weighted by Crippen LogP contribution is 2.54. The number of aliphatic hydroxyl groups is 1. The van der Waals surface area contributed by atoms with Crippen LogP contribution in [0, 0.1) is 25.7 Å². The van der Waals surface area contributed by atoms with Crippen LogP contribution in [0.3, 0.4) is 0 Å². The molecule has 1 aromatic carbocycles. The third-order valence-electron chi connectivity index (χ3n) is 8.46. The zero-order valence-corrected chi connectivity index (χ0v) is 22.1. The van der Waals surface area contributed by atoms with Crippen molar-refractivity contribution in [1.29, 1.82) is 0 Å². The molecule has 2 saturated heterocycles. The number of anilines is 1. The number of hydrogen-bond donors (Lipinski definition) is 1. The van der Waals surface area contributed by atoms with Crippen LogP contribution in [0.4, 0.5) is 5.69 Å². The number of amides is 3. The van der Waals surface area contributed by atoms with E-state index in [4.69, 9.17) is 4.74 Å². The van der Waals surface area contributed by atoms with E-state index in [2.05, 4.69) is 0 Å². The quantitative estimate of drug-likeness (QED) is 0.597. The lowest BCUT2D eigenvalue weighted by atomic mass is 9.77. The lowest BCUT2D eigenvalue weighted by Gasteiger charge is -2.38. The molecule has 1 unspecified atom stereocenters. The fourth-order valence-electron chi connectivity index (χ4n) is 6.84. The Morgan fingerprint density at radius 3 is 2.43 bits per heavy atom. The molecule has 37 heavy (non-hydrogen) atoms. The number of para-hydroxylation sites is 1. The SMILES string of the molecule is CCCN1CC=C[C@@H]2O[C@]34C=CCN(c5c(C)cccc5C)C(=O)C3N([C@@H](CC)CO)C(=O)[C@@H]4[C@@H]2C1=O. The lowest BCUT2D eigenvalue weighted by Crippen LogP contribution is -2.58. The van der Waals surface area contributed by atoms with E-state index in [-0.39, 0.29) is 24.3 Å². The van der Waals surface area contributed by atoms with Crippen LogP contribution in [0.1, 0.15) is 37.8 Å². The summed E-state index contributed by atoms with van der Waals surface area (Å²) < 4.78 is 6.68.